The van der Waals surface area contributed by atoms with Gasteiger partial charge in [0.1, 0.15) is 0 Å². The van der Waals surface area contributed by atoms with E-state index in [2.05, 4.69) is 22.7 Å². The Morgan fingerprint density at radius 2 is 2.19 bits per heavy atom. The van der Waals surface area contributed by atoms with Crippen LogP contribution < -0.4 is 16.6 Å². The topological polar surface area (TPSA) is 80.0 Å². The van der Waals surface area contributed by atoms with E-state index in [1.165, 1.54) is 38.3 Å². The van der Waals surface area contributed by atoms with E-state index in [1.807, 2.05) is 0 Å². The van der Waals surface area contributed by atoms with Gasteiger partial charge in [0, 0.05) is 12.2 Å². The van der Waals surface area contributed by atoms with Crippen LogP contribution in [0, 0.1) is 5.92 Å². The summed E-state index contributed by atoms with van der Waals surface area (Å²) in [5.74, 6) is 6.11. The fraction of sp³-hybridized carbons (Fsp3) is 0.600. The summed E-state index contributed by atoms with van der Waals surface area (Å²) in [5.41, 5.74) is 2.86. The second kappa shape index (κ2) is 7.61. The molecule has 116 valence electrons. The number of nitrogen functional groups attached to an aromatic ring is 1. The molecule has 2 rings (SSSR count). The summed E-state index contributed by atoms with van der Waals surface area (Å²) in [7, 11) is 0. The maximum atomic E-state index is 12.3. The van der Waals surface area contributed by atoms with Crippen LogP contribution in [0.5, 0.6) is 0 Å². The summed E-state index contributed by atoms with van der Waals surface area (Å²) in [6.07, 6.45) is 8.68. The molecule has 5 nitrogen and oxygen atoms in total. The molecular formula is C15H23ClN4O. The van der Waals surface area contributed by atoms with Crippen molar-refractivity contribution in [2.75, 3.05) is 5.43 Å². The summed E-state index contributed by atoms with van der Waals surface area (Å²) in [6, 6.07) is 1.82. The van der Waals surface area contributed by atoms with Crippen molar-refractivity contribution < 1.29 is 4.79 Å². The Morgan fingerprint density at radius 3 is 2.76 bits per heavy atom. The summed E-state index contributed by atoms with van der Waals surface area (Å²) in [5, 5.41) is 3.47. The molecule has 0 aromatic carbocycles. The van der Waals surface area contributed by atoms with E-state index in [4.69, 9.17) is 17.4 Å². The number of hydrogen-bond donors (Lipinski definition) is 3. The molecule has 1 aromatic rings. The fourth-order valence-corrected chi connectivity index (χ4v) is 3.23. The van der Waals surface area contributed by atoms with Crippen molar-refractivity contribution in [2.45, 2.75) is 51.5 Å². The molecule has 21 heavy (non-hydrogen) atoms. The highest BCUT2D eigenvalue weighted by atomic mass is 35.5. The van der Waals surface area contributed by atoms with E-state index < -0.39 is 0 Å². The second-order valence-electron chi connectivity index (χ2n) is 5.59. The lowest BCUT2D eigenvalue weighted by molar-refractivity contribution is 0.0911. The highest BCUT2D eigenvalue weighted by Crippen LogP contribution is 2.28. The average Bonchev–Trinajstić information content (AvgIpc) is 2.53. The van der Waals surface area contributed by atoms with E-state index in [9.17, 15) is 4.79 Å². The van der Waals surface area contributed by atoms with Crippen LogP contribution in [0.25, 0.3) is 0 Å². The lowest BCUT2D eigenvalue weighted by atomic mass is 9.83. The number of halogens is 1. The molecule has 0 saturated heterocycles. The van der Waals surface area contributed by atoms with Crippen LogP contribution in [0.4, 0.5) is 5.82 Å². The monoisotopic (exact) mass is 310 g/mol. The number of hydrogen-bond acceptors (Lipinski definition) is 4. The minimum absolute atomic E-state index is 0.120. The van der Waals surface area contributed by atoms with Gasteiger partial charge < -0.3 is 10.7 Å². The smallest absolute Gasteiger partial charge is 0.253 e. The number of nitrogens with one attached hydrogen (secondary N) is 2. The van der Waals surface area contributed by atoms with Gasteiger partial charge in [-0.1, -0.05) is 37.8 Å². The highest BCUT2D eigenvalue weighted by molar-refractivity contribution is 6.33. The predicted molar refractivity (Wildman–Crippen MR) is 85.2 cm³/mol. The van der Waals surface area contributed by atoms with E-state index in [1.54, 1.807) is 6.07 Å². The molecule has 0 bridgehead atoms. The predicted octanol–water partition coefficient (Wildman–Crippen LogP) is 3.11. The lowest BCUT2D eigenvalue weighted by Gasteiger charge is -2.30. The summed E-state index contributed by atoms with van der Waals surface area (Å²) in [6.45, 7) is 2.12. The number of carbonyl (C=O) groups is 1. The third kappa shape index (κ3) is 4.08. The zero-order chi connectivity index (χ0) is 15.2. The molecule has 0 aliphatic heterocycles. The molecule has 1 aliphatic carbocycles. The summed E-state index contributed by atoms with van der Waals surface area (Å²) in [4.78, 5) is 16.4. The van der Waals surface area contributed by atoms with Crippen LogP contribution >= 0.6 is 11.6 Å². The molecule has 1 atom stereocenters. The minimum atomic E-state index is -0.120. The quantitative estimate of drug-likeness (QED) is 0.576. The molecule has 4 N–H and O–H groups in total. The van der Waals surface area contributed by atoms with Crippen molar-refractivity contribution in [1.29, 1.82) is 0 Å². The number of carbonyl (C=O) groups excluding carboxylic acids is 1. The van der Waals surface area contributed by atoms with Gasteiger partial charge in [-0.25, -0.2) is 10.8 Å². The van der Waals surface area contributed by atoms with Crippen molar-refractivity contribution in [3.8, 4) is 0 Å². The number of nitrogens with two attached hydrogens (primary N) is 1. The molecule has 0 radical (unpaired) electrons. The molecule has 0 spiro atoms. The van der Waals surface area contributed by atoms with Gasteiger partial charge >= 0.3 is 0 Å². The normalized spacial score (nSPS) is 17.3. The van der Waals surface area contributed by atoms with Gasteiger partial charge in [-0.15, -0.1) is 0 Å². The van der Waals surface area contributed by atoms with Crippen LogP contribution in [0.15, 0.2) is 12.3 Å². The fourth-order valence-electron chi connectivity index (χ4n) is 3.01. The Hall–Kier alpha value is -1.33. The van der Waals surface area contributed by atoms with Crippen LogP contribution in [0.3, 0.4) is 0 Å². The maximum absolute atomic E-state index is 12.3. The Labute approximate surface area is 130 Å². The van der Waals surface area contributed by atoms with Crippen LogP contribution in [-0.2, 0) is 0 Å². The van der Waals surface area contributed by atoms with E-state index in [-0.39, 0.29) is 11.9 Å². The van der Waals surface area contributed by atoms with Gasteiger partial charge in [0.2, 0.25) is 0 Å². The molecule has 1 saturated carbocycles. The zero-order valence-electron chi connectivity index (χ0n) is 12.4. The van der Waals surface area contributed by atoms with Gasteiger partial charge in [0.25, 0.3) is 5.91 Å². The highest BCUT2D eigenvalue weighted by Gasteiger charge is 2.24. The van der Waals surface area contributed by atoms with Gasteiger partial charge in [0.05, 0.1) is 10.6 Å². The van der Waals surface area contributed by atoms with Crippen LogP contribution in [0.1, 0.15) is 55.8 Å². The molecule has 1 heterocycles. The number of nitrogens with zero attached hydrogens (tertiary/aromatic N) is 1. The third-order valence-corrected chi connectivity index (χ3v) is 4.50. The van der Waals surface area contributed by atoms with Gasteiger partial charge in [-0.2, -0.15) is 0 Å². The zero-order valence-corrected chi connectivity index (χ0v) is 13.1. The second-order valence-corrected chi connectivity index (χ2v) is 5.99. The van der Waals surface area contributed by atoms with Gasteiger partial charge in [0.15, 0.2) is 5.82 Å². The first-order valence-corrected chi connectivity index (χ1v) is 7.96. The Morgan fingerprint density at radius 1 is 1.48 bits per heavy atom. The van der Waals surface area contributed by atoms with Crippen molar-refractivity contribution in [2.24, 2.45) is 11.8 Å². The number of anilines is 1. The van der Waals surface area contributed by atoms with Crippen molar-refractivity contribution in [3.05, 3.63) is 22.8 Å². The first-order valence-electron chi connectivity index (χ1n) is 7.58. The molecule has 1 amide bonds. The summed E-state index contributed by atoms with van der Waals surface area (Å²) >= 11 is 6.01. The van der Waals surface area contributed by atoms with Crippen molar-refractivity contribution >= 4 is 23.3 Å². The molecule has 1 aliphatic rings. The molecular weight excluding hydrogens is 288 g/mol. The van der Waals surface area contributed by atoms with Gasteiger partial charge in [-0.3, -0.25) is 4.79 Å². The van der Waals surface area contributed by atoms with Gasteiger partial charge in [-0.05, 0) is 31.2 Å². The summed E-state index contributed by atoms with van der Waals surface area (Å²) < 4.78 is 0. The van der Waals surface area contributed by atoms with Crippen LogP contribution in [-0.4, -0.2) is 16.9 Å². The SMILES string of the molecule is CCC(NC(=O)c1cnc(NN)c(Cl)c1)C1CCCCC1. The number of aromatic nitrogens is 1. The standard InChI is InChI=1S/C15H23ClN4O/c1-2-13(10-6-4-3-5-7-10)19-15(21)11-8-12(16)14(20-17)18-9-11/h8-10,13H,2-7,17H2,1H3,(H,18,20)(H,19,21). The average molecular weight is 311 g/mol. The first kappa shape index (κ1) is 16.0. The Bertz CT molecular complexity index is 489. The van der Waals surface area contributed by atoms with E-state index in [0.717, 1.165) is 6.42 Å². The van der Waals surface area contributed by atoms with Crippen molar-refractivity contribution in [1.82, 2.24) is 10.3 Å². The Balaban J connectivity index is 2.03. The number of amides is 1. The molecule has 1 unspecified atom stereocenters. The maximum Gasteiger partial charge on any atom is 0.253 e. The van der Waals surface area contributed by atoms with Crippen molar-refractivity contribution in [3.63, 3.8) is 0 Å². The number of rotatable bonds is 5. The largest absolute Gasteiger partial charge is 0.349 e. The van der Waals surface area contributed by atoms with Crippen LogP contribution in [0.2, 0.25) is 5.02 Å². The number of pyridine rings is 1. The molecule has 1 aromatic heterocycles. The lowest BCUT2D eigenvalue weighted by Crippen LogP contribution is -2.40. The molecule has 1 fully saturated rings. The number of hydrazine groups is 1. The van der Waals surface area contributed by atoms with E-state index >= 15 is 0 Å². The molecule has 6 heteroatoms. The van der Waals surface area contributed by atoms with E-state index in [0.29, 0.717) is 22.3 Å². The minimum Gasteiger partial charge on any atom is -0.349 e. The third-order valence-electron chi connectivity index (χ3n) is 4.22. The first-order chi connectivity index (χ1) is 10.2. The Kier molecular flexibility index (Phi) is 5.82.